The maximum Gasteiger partial charge on any atom is 0.245 e. The molecule has 0 aromatic heterocycles. The Hall–Kier alpha value is -0.940. The molecule has 4 aliphatic rings. The molecule has 1 amide bonds. The van der Waals surface area contributed by atoms with Gasteiger partial charge >= 0.3 is 0 Å². The predicted octanol–water partition coefficient (Wildman–Crippen LogP) is 5.26. The molecule has 0 spiro atoms. The highest BCUT2D eigenvalue weighted by Gasteiger charge is 2.65. The third-order valence-corrected chi connectivity index (χ3v) is 11.3. The highest BCUT2D eigenvalue weighted by Crippen LogP contribution is 2.68. The van der Waals surface area contributed by atoms with Crippen LogP contribution in [0, 0.1) is 52.3 Å². The second-order valence-corrected chi connectivity index (χ2v) is 12.5. The van der Waals surface area contributed by atoms with Crippen LogP contribution >= 0.6 is 0 Å². The number of aliphatic hydroxyl groups is 1. The number of Topliss-reactive ketones (excluding diaryl/α,β-unsaturated/α-hetero) is 1. The van der Waals surface area contributed by atoms with E-state index >= 15 is 0 Å². The zero-order valence-corrected chi connectivity index (χ0v) is 21.8. The molecule has 33 heavy (non-hydrogen) atoms. The van der Waals surface area contributed by atoms with E-state index in [4.69, 9.17) is 4.84 Å². The van der Waals surface area contributed by atoms with Crippen molar-refractivity contribution in [2.24, 2.45) is 52.3 Å². The molecule has 1 N–H and O–H groups in total. The number of rotatable bonds is 6. The van der Waals surface area contributed by atoms with Crippen molar-refractivity contribution in [2.45, 2.75) is 98.0 Å². The van der Waals surface area contributed by atoms with Crippen molar-refractivity contribution in [2.75, 3.05) is 14.2 Å². The normalized spacial score (nSPS) is 45.7. The molecule has 5 nitrogen and oxygen atoms in total. The van der Waals surface area contributed by atoms with E-state index in [2.05, 4.69) is 27.7 Å². The van der Waals surface area contributed by atoms with Gasteiger partial charge in [0.05, 0.1) is 13.2 Å². The third kappa shape index (κ3) is 3.99. The van der Waals surface area contributed by atoms with E-state index in [1.807, 2.05) is 0 Å². The van der Waals surface area contributed by atoms with E-state index in [0.717, 1.165) is 44.9 Å². The molecule has 0 aromatic rings. The molecule has 0 saturated heterocycles. The van der Waals surface area contributed by atoms with E-state index < -0.39 is 0 Å². The Labute approximate surface area is 201 Å². The summed E-state index contributed by atoms with van der Waals surface area (Å²) in [5, 5.41) is 11.8. The zero-order valence-electron chi connectivity index (χ0n) is 21.8. The van der Waals surface area contributed by atoms with Crippen molar-refractivity contribution in [3.63, 3.8) is 0 Å². The largest absolute Gasteiger partial charge is 0.393 e. The topological polar surface area (TPSA) is 66.8 Å². The maximum absolute atomic E-state index is 14.0. The van der Waals surface area contributed by atoms with E-state index in [0.29, 0.717) is 41.8 Å². The van der Waals surface area contributed by atoms with Gasteiger partial charge in [0.2, 0.25) is 5.91 Å². The van der Waals surface area contributed by atoms with Gasteiger partial charge in [0, 0.05) is 25.3 Å². The second-order valence-electron chi connectivity index (χ2n) is 12.5. The molecule has 188 valence electrons. The van der Waals surface area contributed by atoms with Gasteiger partial charge in [0.25, 0.3) is 0 Å². The summed E-state index contributed by atoms with van der Waals surface area (Å²) in [6.07, 6.45) is 9.56. The lowest BCUT2D eigenvalue weighted by Crippen LogP contribution is -2.60. The minimum atomic E-state index is -0.230. The van der Waals surface area contributed by atoms with Gasteiger partial charge in [0.15, 0.2) is 0 Å². The van der Waals surface area contributed by atoms with Crippen LogP contribution in [0.5, 0.6) is 0 Å². The van der Waals surface area contributed by atoms with Gasteiger partial charge in [-0.05, 0) is 98.2 Å². The van der Waals surface area contributed by atoms with Crippen LogP contribution in [0.4, 0.5) is 0 Å². The fourth-order valence-corrected chi connectivity index (χ4v) is 9.42. The molecule has 0 bridgehead atoms. The first-order valence-corrected chi connectivity index (χ1v) is 13.6. The van der Waals surface area contributed by atoms with Gasteiger partial charge in [-0.1, -0.05) is 27.7 Å². The maximum atomic E-state index is 14.0. The van der Waals surface area contributed by atoms with Crippen molar-refractivity contribution < 1.29 is 19.5 Å². The number of fused-ring (bicyclic) bond motifs is 5. The van der Waals surface area contributed by atoms with Crippen LogP contribution in [0.1, 0.15) is 91.9 Å². The number of amides is 1. The monoisotopic (exact) mass is 461 g/mol. The summed E-state index contributed by atoms with van der Waals surface area (Å²) in [6.45, 7) is 9.44. The zero-order chi connectivity index (χ0) is 24.1. The number of hydrogen-bond donors (Lipinski definition) is 1. The van der Waals surface area contributed by atoms with E-state index in [9.17, 15) is 14.7 Å². The Morgan fingerprint density at radius 2 is 1.79 bits per heavy atom. The number of hydrogen-bond acceptors (Lipinski definition) is 4. The van der Waals surface area contributed by atoms with Crippen molar-refractivity contribution in [1.82, 2.24) is 5.06 Å². The first-order chi connectivity index (χ1) is 15.6. The van der Waals surface area contributed by atoms with Crippen molar-refractivity contribution in [1.29, 1.82) is 0 Å². The molecule has 0 unspecified atom stereocenters. The quantitative estimate of drug-likeness (QED) is 0.548. The van der Waals surface area contributed by atoms with Crippen LogP contribution in [-0.4, -0.2) is 42.1 Å². The molecule has 10 atom stereocenters. The van der Waals surface area contributed by atoms with Gasteiger partial charge in [0.1, 0.15) is 5.78 Å². The Balaban J connectivity index is 1.55. The van der Waals surface area contributed by atoms with Crippen LogP contribution in [0.2, 0.25) is 0 Å². The average molecular weight is 462 g/mol. The summed E-state index contributed by atoms with van der Waals surface area (Å²) in [5.74, 6) is 3.25. The SMILES string of the molecule is CC[C@@H]1C(=O)[C@@H]2[C@H](CC[C@]3(C)[C@@H]([C@H](C)CCC(=O)N(C)OC)CC[C@@H]23)[C@@]2(C)CC[C@@H](O)C[C@@H]12. The smallest absolute Gasteiger partial charge is 0.245 e. The van der Waals surface area contributed by atoms with Crippen molar-refractivity contribution >= 4 is 11.7 Å². The lowest BCUT2D eigenvalue weighted by Gasteiger charge is -2.62. The summed E-state index contributed by atoms with van der Waals surface area (Å²) in [5.41, 5.74) is 0.392. The Morgan fingerprint density at radius 1 is 1.12 bits per heavy atom. The number of ketones is 1. The Bertz CT molecular complexity index is 754. The fraction of sp³-hybridized carbons (Fsp3) is 0.929. The fourth-order valence-electron chi connectivity index (χ4n) is 9.42. The van der Waals surface area contributed by atoms with Gasteiger partial charge in [-0.3, -0.25) is 14.4 Å². The summed E-state index contributed by atoms with van der Waals surface area (Å²) in [7, 11) is 3.21. The molecular weight excluding hydrogens is 414 g/mol. The highest BCUT2D eigenvalue weighted by molar-refractivity contribution is 5.86. The molecule has 4 aliphatic carbocycles. The van der Waals surface area contributed by atoms with Gasteiger partial charge in [-0.2, -0.15) is 0 Å². The van der Waals surface area contributed by atoms with Crippen LogP contribution in [0.25, 0.3) is 0 Å². The summed E-state index contributed by atoms with van der Waals surface area (Å²) in [6, 6.07) is 0. The number of carbonyl (C=O) groups excluding carboxylic acids is 2. The molecular formula is C28H47NO4. The van der Waals surface area contributed by atoms with Crippen LogP contribution < -0.4 is 0 Å². The summed E-state index contributed by atoms with van der Waals surface area (Å²) < 4.78 is 0. The minimum absolute atomic E-state index is 0.0412. The molecule has 0 radical (unpaired) electrons. The Kier molecular flexibility index (Phi) is 7.06. The number of aliphatic hydroxyl groups excluding tert-OH is 1. The van der Waals surface area contributed by atoms with E-state index in [-0.39, 0.29) is 34.7 Å². The average Bonchev–Trinajstić information content (AvgIpc) is 3.15. The van der Waals surface area contributed by atoms with Gasteiger partial charge in [-0.25, -0.2) is 5.06 Å². The number of carbonyl (C=O) groups is 2. The van der Waals surface area contributed by atoms with Crippen LogP contribution in [-0.2, 0) is 14.4 Å². The van der Waals surface area contributed by atoms with Crippen LogP contribution in [0.15, 0.2) is 0 Å². The first-order valence-electron chi connectivity index (χ1n) is 13.6. The lowest BCUT2D eigenvalue weighted by molar-refractivity contribution is -0.173. The standard InChI is InChI=1S/C28H47NO4/c1-7-19-23-16-18(30)12-14-28(23,4)22-13-15-27(3)20(9-10-21(27)25(22)26(19)32)17(2)8-11-24(31)29(5)33-6/h17-23,25,30H,7-16H2,1-6H3/t17-,18-,19+,20-,21+,22+,23+,25+,27-,28-/m1/s1. The second kappa shape index (κ2) is 9.26. The Morgan fingerprint density at radius 3 is 2.45 bits per heavy atom. The molecule has 0 aromatic carbocycles. The number of nitrogens with zero attached hydrogens (tertiary/aromatic N) is 1. The molecule has 0 heterocycles. The van der Waals surface area contributed by atoms with E-state index in [1.165, 1.54) is 25.0 Å². The van der Waals surface area contributed by atoms with Crippen molar-refractivity contribution in [3.8, 4) is 0 Å². The molecule has 4 saturated carbocycles. The van der Waals surface area contributed by atoms with Crippen LogP contribution in [0.3, 0.4) is 0 Å². The molecule has 4 fully saturated rings. The lowest BCUT2D eigenvalue weighted by atomic mass is 9.42. The first kappa shape index (κ1) is 25.2. The number of hydroxylamine groups is 2. The van der Waals surface area contributed by atoms with E-state index in [1.54, 1.807) is 7.05 Å². The third-order valence-electron chi connectivity index (χ3n) is 11.3. The van der Waals surface area contributed by atoms with Crippen molar-refractivity contribution in [3.05, 3.63) is 0 Å². The molecule has 5 heteroatoms. The molecule has 4 rings (SSSR count). The summed E-state index contributed by atoms with van der Waals surface area (Å²) >= 11 is 0. The minimum Gasteiger partial charge on any atom is -0.393 e. The molecule has 0 aliphatic heterocycles. The predicted molar refractivity (Wildman–Crippen MR) is 129 cm³/mol. The highest BCUT2D eigenvalue weighted by atomic mass is 16.7. The summed E-state index contributed by atoms with van der Waals surface area (Å²) in [4.78, 5) is 31.4. The van der Waals surface area contributed by atoms with Gasteiger partial charge in [-0.15, -0.1) is 0 Å². The van der Waals surface area contributed by atoms with Gasteiger partial charge < -0.3 is 5.11 Å².